The molecule has 0 radical (unpaired) electrons. The second-order valence-corrected chi connectivity index (χ2v) is 3.17. The van der Waals surface area contributed by atoms with E-state index < -0.39 is 6.10 Å². The minimum absolute atomic E-state index is 0.179. The van der Waals surface area contributed by atoms with Crippen molar-refractivity contribution >= 4 is 5.97 Å². The van der Waals surface area contributed by atoms with Crippen LogP contribution in [-0.4, -0.2) is 23.8 Å². The van der Waals surface area contributed by atoms with Crippen LogP contribution in [0.2, 0.25) is 0 Å². The standard InChI is InChI=1S/C10H18O3/c1-4-13-10(12)7-5-6-9(11)8(2)3/h5-6,8-9,11H,4,7H2,1-3H3/b6-5+/t9-/m1/s1. The topological polar surface area (TPSA) is 46.5 Å². The zero-order valence-corrected chi connectivity index (χ0v) is 8.49. The summed E-state index contributed by atoms with van der Waals surface area (Å²) in [5, 5.41) is 9.33. The molecule has 0 unspecified atom stereocenters. The lowest BCUT2D eigenvalue weighted by Crippen LogP contribution is -2.11. The first-order valence-electron chi connectivity index (χ1n) is 4.58. The van der Waals surface area contributed by atoms with Crippen molar-refractivity contribution in [2.24, 2.45) is 5.92 Å². The highest BCUT2D eigenvalue weighted by Gasteiger charge is 2.04. The van der Waals surface area contributed by atoms with Crippen molar-refractivity contribution in [1.29, 1.82) is 0 Å². The van der Waals surface area contributed by atoms with Crippen LogP contribution in [0.5, 0.6) is 0 Å². The molecule has 0 aliphatic rings. The van der Waals surface area contributed by atoms with Gasteiger partial charge in [-0.2, -0.15) is 0 Å². The smallest absolute Gasteiger partial charge is 0.309 e. The lowest BCUT2D eigenvalue weighted by atomic mass is 10.1. The highest BCUT2D eigenvalue weighted by molar-refractivity contribution is 5.71. The molecule has 0 aliphatic heterocycles. The molecule has 0 amide bonds. The zero-order valence-electron chi connectivity index (χ0n) is 8.49. The molecule has 0 bridgehead atoms. The summed E-state index contributed by atoms with van der Waals surface area (Å²) in [6, 6.07) is 0. The van der Waals surface area contributed by atoms with E-state index in [2.05, 4.69) is 0 Å². The van der Waals surface area contributed by atoms with Gasteiger partial charge in [0, 0.05) is 0 Å². The van der Waals surface area contributed by atoms with Crippen LogP contribution in [0.25, 0.3) is 0 Å². The average Bonchev–Trinajstić information content (AvgIpc) is 2.04. The van der Waals surface area contributed by atoms with E-state index in [4.69, 9.17) is 4.74 Å². The molecule has 0 aromatic rings. The molecule has 3 nitrogen and oxygen atoms in total. The highest BCUT2D eigenvalue weighted by atomic mass is 16.5. The van der Waals surface area contributed by atoms with Crippen molar-refractivity contribution in [3.8, 4) is 0 Å². The van der Waals surface area contributed by atoms with Crippen LogP contribution in [0.4, 0.5) is 0 Å². The number of aliphatic hydroxyl groups excluding tert-OH is 1. The third-order valence-electron chi connectivity index (χ3n) is 1.61. The molecular formula is C10H18O3. The normalized spacial score (nSPS) is 13.6. The summed E-state index contributed by atoms with van der Waals surface area (Å²) in [7, 11) is 0. The number of esters is 1. The molecule has 0 aromatic carbocycles. The van der Waals surface area contributed by atoms with Gasteiger partial charge >= 0.3 is 5.97 Å². The third-order valence-corrected chi connectivity index (χ3v) is 1.61. The Kier molecular flexibility index (Phi) is 6.24. The molecular weight excluding hydrogens is 168 g/mol. The summed E-state index contributed by atoms with van der Waals surface area (Å²) in [5.41, 5.74) is 0. The second kappa shape index (κ2) is 6.66. The van der Waals surface area contributed by atoms with Gasteiger partial charge in [-0.25, -0.2) is 0 Å². The average molecular weight is 186 g/mol. The van der Waals surface area contributed by atoms with Gasteiger partial charge in [0.05, 0.1) is 19.1 Å². The Morgan fingerprint density at radius 2 is 2.15 bits per heavy atom. The molecule has 13 heavy (non-hydrogen) atoms. The van der Waals surface area contributed by atoms with E-state index in [0.29, 0.717) is 6.61 Å². The molecule has 0 fully saturated rings. The number of carbonyl (C=O) groups excluding carboxylic acids is 1. The van der Waals surface area contributed by atoms with Gasteiger partial charge in [-0.15, -0.1) is 0 Å². The maximum absolute atomic E-state index is 10.8. The van der Waals surface area contributed by atoms with E-state index >= 15 is 0 Å². The molecule has 1 atom stereocenters. The Morgan fingerprint density at radius 3 is 2.62 bits per heavy atom. The van der Waals surface area contributed by atoms with Crippen LogP contribution in [0, 0.1) is 5.92 Å². The van der Waals surface area contributed by atoms with Crippen LogP contribution < -0.4 is 0 Å². The number of rotatable bonds is 5. The van der Waals surface area contributed by atoms with Crippen molar-refractivity contribution in [3.05, 3.63) is 12.2 Å². The van der Waals surface area contributed by atoms with Crippen molar-refractivity contribution in [3.63, 3.8) is 0 Å². The Morgan fingerprint density at radius 1 is 1.54 bits per heavy atom. The number of carbonyl (C=O) groups is 1. The van der Waals surface area contributed by atoms with Crippen LogP contribution in [0.3, 0.4) is 0 Å². The van der Waals surface area contributed by atoms with Gasteiger partial charge in [0.25, 0.3) is 0 Å². The number of aliphatic hydroxyl groups is 1. The van der Waals surface area contributed by atoms with E-state index in [-0.39, 0.29) is 18.3 Å². The van der Waals surface area contributed by atoms with Gasteiger partial charge < -0.3 is 9.84 Å². The molecule has 0 aliphatic carbocycles. The third kappa shape index (κ3) is 6.34. The van der Waals surface area contributed by atoms with Crippen molar-refractivity contribution in [2.45, 2.75) is 33.3 Å². The fourth-order valence-electron chi connectivity index (χ4n) is 0.746. The van der Waals surface area contributed by atoms with Crippen LogP contribution in [0.15, 0.2) is 12.2 Å². The first kappa shape index (κ1) is 12.2. The monoisotopic (exact) mass is 186 g/mol. The lowest BCUT2D eigenvalue weighted by molar-refractivity contribution is -0.142. The number of ether oxygens (including phenoxy) is 1. The lowest BCUT2D eigenvalue weighted by Gasteiger charge is -2.08. The molecule has 0 spiro atoms. The predicted molar refractivity (Wildman–Crippen MR) is 51.2 cm³/mol. The molecule has 0 aromatic heterocycles. The fourth-order valence-corrected chi connectivity index (χ4v) is 0.746. The maximum atomic E-state index is 10.8. The Labute approximate surface area is 79.4 Å². The van der Waals surface area contributed by atoms with Gasteiger partial charge in [0.15, 0.2) is 0 Å². The Balaban J connectivity index is 3.68. The molecule has 0 saturated heterocycles. The maximum Gasteiger partial charge on any atom is 0.309 e. The quantitative estimate of drug-likeness (QED) is 0.523. The number of hydrogen-bond acceptors (Lipinski definition) is 3. The molecule has 76 valence electrons. The first-order valence-corrected chi connectivity index (χ1v) is 4.58. The summed E-state index contributed by atoms with van der Waals surface area (Å²) in [5.74, 6) is -0.0758. The van der Waals surface area contributed by atoms with Gasteiger partial charge in [-0.3, -0.25) is 4.79 Å². The predicted octanol–water partition coefficient (Wildman–Crippen LogP) is 1.51. The molecule has 1 N–H and O–H groups in total. The summed E-state index contributed by atoms with van der Waals surface area (Å²) >= 11 is 0. The summed E-state index contributed by atoms with van der Waals surface area (Å²) in [6.45, 7) is 6.00. The van der Waals surface area contributed by atoms with Crippen LogP contribution in [0.1, 0.15) is 27.2 Å². The van der Waals surface area contributed by atoms with E-state index in [1.54, 1.807) is 19.1 Å². The van der Waals surface area contributed by atoms with Crippen molar-refractivity contribution < 1.29 is 14.6 Å². The zero-order chi connectivity index (χ0) is 10.3. The van der Waals surface area contributed by atoms with Crippen LogP contribution in [-0.2, 0) is 9.53 Å². The largest absolute Gasteiger partial charge is 0.466 e. The summed E-state index contributed by atoms with van der Waals surface area (Å²) < 4.78 is 4.71. The Bertz CT molecular complexity index is 173. The number of hydrogen-bond donors (Lipinski definition) is 1. The SMILES string of the molecule is CCOC(=O)C/C=C/[C@@H](O)C(C)C. The van der Waals surface area contributed by atoms with Gasteiger partial charge in [0.1, 0.15) is 0 Å². The van der Waals surface area contributed by atoms with E-state index in [1.165, 1.54) is 0 Å². The Hall–Kier alpha value is -0.830. The van der Waals surface area contributed by atoms with Crippen LogP contribution >= 0.6 is 0 Å². The molecule has 3 heteroatoms. The van der Waals surface area contributed by atoms with Gasteiger partial charge in [0.2, 0.25) is 0 Å². The van der Waals surface area contributed by atoms with Crippen molar-refractivity contribution in [1.82, 2.24) is 0 Å². The van der Waals surface area contributed by atoms with Gasteiger partial charge in [-0.05, 0) is 12.8 Å². The van der Waals surface area contributed by atoms with E-state index in [0.717, 1.165) is 0 Å². The summed E-state index contributed by atoms with van der Waals surface area (Å²) in [4.78, 5) is 10.8. The fraction of sp³-hybridized carbons (Fsp3) is 0.700. The van der Waals surface area contributed by atoms with Gasteiger partial charge in [-0.1, -0.05) is 26.0 Å². The van der Waals surface area contributed by atoms with Crippen molar-refractivity contribution in [2.75, 3.05) is 6.61 Å². The minimum atomic E-state index is -0.477. The highest BCUT2D eigenvalue weighted by Crippen LogP contribution is 2.02. The van der Waals surface area contributed by atoms with E-state index in [9.17, 15) is 9.90 Å². The molecule has 0 saturated carbocycles. The van der Waals surface area contributed by atoms with E-state index in [1.807, 2.05) is 13.8 Å². The first-order chi connectivity index (χ1) is 6.07. The summed E-state index contributed by atoms with van der Waals surface area (Å²) in [6.07, 6.45) is 3.02. The minimum Gasteiger partial charge on any atom is -0.466 e. The second-order valence-electron chi connectivity index (χ2n) is 3.17. The molecule has 0 rings (SSSR count). The molecule has 0 heterocycles.